The maximum absolute atomic E-state index is 13.0. The van der Waals surface area contributed by atoms with E-state index in [4.69, 9.17) is 4.52 Å². The van der Waals surface area contributed by atoms with Crippen molar-refractivity contribution in [1.82, 2.24) is 10.1 Å². The van der Waals surface area contributed by atoms with E-state index in [-0.39, 0.29) is 17.2 Å². The number of amides is 1. The van der Waals surface area contributed by atoms with Gasteiger partial charge in [0.15, 0.2) is 5.82 Å². The van der Waals surface area contributed by atoms with Crippen LogP contribution >= 0.6 is 11.3 Å². The minimum atomic E-state index is -0.765. The van der Waals surface area contributed by atoms with Crippen molar-refractivity contribution in [2.75, 3.05) is 4.90 Å². The number of Topliss-reactive ketones (excluding diaryl/α,β-unsaturated/α-hetero) is 1. The Balaban J connectivity index is 1.97. The van der Waals surface area contributed by atoms with Crippen molar-refractivity contribution in [2.45, 2.75) is 33.7 Å². The van der Waals surface area contributed by atoms with Crippen LogP contribution in [0.25, 0.3) is 5.76 Å². The molecule has 1 saturated heterocycles. The maximum atomic E-state index is 13.0. The zero-order chi connectivity index (χ0) is 20.2. The number of H-pyrrole nitrogens is 1. The Morgan fingerprint density at radius 2 is 2.00 bits per heavy atom. The van der Waals surface area contributed by atoms with E-state index >= 15 is 0 Å². The third kappa shape index (κ3) is 2.60. The fraction of sp³-hybridized carbons (Fsp3) is 0.250. The number of aliphatic hydroxyl groups excluding tert-OH is 1. The van der Waals surface area contributed by atoms with Crippen molar-refractivity contribution in [1.29, 1.82) is 0 Å². The Morgan fingerprint density at radius 1 is 1.25 bits per heavy atom. The highest BCUT2D eigenvalue weighted by molar-refractivity contribution is 7.10. The predicted octanol–water partition coefficient (Wildman–Crippen LogP) is 3.92. The number of carbonyl (C=O) groups excluding carboxylic acids is 2. The van der Waals surface area contributed by atoms with Crippen LogP contribution in [0.5, 0.6) is 0 Å². The average molecular weight is 397 g/mol. The molecule has 2 N–H and O–H groups in total. The van der Waals surface area contributed by atoms with Crippen LogP contribution in [0.4, 0.5) is 5.82 Å². The van der Waals surface area contributed by atoms with E-state index in [1.807, 2.05) is 38.3 Å². The normalized spacial score (nSPS) is 19.0. The number of aliphatic hydroxyl groups is 1. The molecule has 1 amide bonds. The molecule has 8 heteroatoms. The molecule has 1 fully saturated rings. The van der Waals surface area contributed by atoms with E-state index in [1.165, 1.54) is 16.2 Å². The molecule has 4 heterocycles. The topological polar surface area (TPSA) is 99.4 Å². The molecule has 7 nitrogen and oxygen atoms in total. The smallest absolute Gasteiger partial charge is 0.301 e. The summed E-state index contributed by atoms with van der Waals surface area (Å²) in [5.41, 5.74) is 3.07. The second kappa shape index (κ2) is 6.49. The molecule has 1 aliphatic heterocycles. The van der Waals surface area contributed by atoms with E-state index in [1.54, 1.807) is 13.0 Å². The van der Waals surface area contributed by atoms with E-state index in [2.05, 4.69) is 10.1 Å². The first-order valence-electron chi connectivity index (χ1n) is 8.75. The lowest BCUT2D eigenvalue weighted by Gasteiger charge is -2.21. The fourth-order valence-corrected chi connectivity index (χ4v) is 4.47. The molecule has 1 aliphatic rings. The van der Waals surface area contributed by atoms with Crippen molar-refractivity contribution in [3.63, 3.8) is 0 Å². The SMILES string of the molecule is Cc1cc(N2C(=O)C(=O)/C(=C(/O)c3c(C)[nH]c(C)c3C)C2c2cccs2)no1. The molecular formula is C20H19N3O4S. The molecule has 3 aromatic rings. The second-order valence-corrected chi connectivity index (χ2v) is 7.83. The minimum absolute atomic E-state index is 0.0540. The van der Waals surface area contributed by atoms with Gasteiger partial charge in [0.25, 0.3) is 5.78 Å². The van der Waals surface area contributed by atoms with Gasteiger partial charge >= 0.3 is 5.91 Å². The van der Waals surface area contributed by atoms with E-state index in [9.17, 15) is 14.7 Å². The molecule has 0 bridgehead atoms. The van der Waals surface area contributed by atoms with Crippen molar-refractivity contribution in [3.8, 4) is 0 Å². The van der Waals surface area contributed by atoms with E-state index in [0.717, 1.165) is 21.8 Å². The van der Waals surface area contributed by atoms with Gasteiger partial charge < -0.3 is 14.6 Å². The molecule has 0 aliphatic carbocycles. The standard InChI is InChI=1S/C20H19N3O4S/c1-9-8-14(22-27-9)23-17(13-6-5-7-28-13)16(19(25)20(23)26)18(24)15-10(2)11(3)21-12(15)4/h5-8,17,21,24H,1-4H3/b18-16+. The molecule has 4 rings (SSSR count). The number of ketones is 1. The Morgan fingerprint density at radius 3 is 2.54 bits per heavy atom. The van der Waals surface area contributed by atoms with E-state index in [0.29, 0.717) is 11.3 Å². The molecule has 1 atom stereocenters. The van der Waals surface area contributed by atoms with Crippen molar-refractivity contribution < 1.29 is 19.2 Å². The van der Waals surface area contributed by atoms with Gasteiger partial charge in [-0.15, -0.1) is 11.3 Å². The lowest BCUT2D eigenvalue weighted by Crippen LogP contribution is -2.29. The van der Waals surface area contributed by atoms with Crippen LogP contribution in [0.2, 0.25) is 0 Å². The first-order chi connectivity index (χ1) is 13.3. The van der Waals surface area contributed by atoms with Crippen molar-refractivity contribution in [2.24, 2.45) is 0 Å². The zero-order valence-electron chi connectivity index (χ0n) is 15.9. The molecule has 144 valence electrons. The summed E-state index contributed by atoms with van der Waals surface area (Å²) in [4.78, 5) is 31.1. The van der Waals surface area contributed by atoms with Gasteiger partial charge in [-0.3, -0.25) is 14.5 Å². The molecule has 0 saturated carbocycles. The highest BCUT2D eigenvalue weighted by Crippen LogP contribution is 2.44. The summed E-state index contributed by atoms with van der Waals surface area (Å²) in [6, 6.07) is 4.50. The number of carbonyl (C=O) groups is 2. The Kier molecular flexibility index (Phi) is 4.23. The van der Waals surface area contributed by atoms with Crippen LogP contribution < -0.4 is 4.90 Å². The number of nitrogens with one attached hydrogen (secondary N) is 1. The van der Waals surface area contributed by atoms with Crippen LogP contribution in [-0.4, -0.2) is 26.9 Å². The molecule has 3 aromatic heterocycles. The summed E-state index contributed by atoms with van der Waals surface area (Å²) < 4.78 is 5.11. The van der Waals surface area contributed by atoms with Gasteiger partial charge in [-0.1, -0.05) is 11.2 Å². The first kappa shape index (κ1) is 18.2. The van der Waals surface area contributed by atoms with Crippen LogP contribution in [0, 0.1) is 27.7 Å². The molecule has 1 unspecified atom stereocenters. The highest BCUT2D eigenvalue weighted by Gasteiger charge is 2.48. The third-order valence-corrected chi connectivity index (χ3v) is 5.97. The Labute approximate surface area is 165 Å². The number of aryl methyl sites for hydroxylation is 3. The Hall–Kier alpha value is -3.13. The lowest BCUT2D eigenvalue weighted by atomic mass is 9.98. The average Bonchev–Trinajstić information content (AvgIpc) is 3.39. The zero-order valence-corrected chi connectivity index (χ0v) is 16.7. The van der Waals surface area contributed by atoms with Crippen LogP contribution in [0.15, 0.2) is 33.7 Å². The van der Waals surface area contributed by atoms with Gasteiger partial charge in [-0.2, -0.15) is 0 Å². The number of rotatable bonds is 3. The fourth-order valence-electron chi connectivity index (χ4n) is 3.65. The van der Waals surface area contributed by atoms with E-state index < -0.39 is 17.7 Å². The number of thiophene rings is 1. The molecule has 0 aromatic carbocycles. The molecule has 0 spiro atoms. The summed E-state index contributed by atoms with van der Waals surface area (Å²) in [5.74, 6) is -0.894. The van der Waals surface area contributed by atoms with Gasteiger partial charge in [-0.05, 0) is 44.7 Å². The number of aromatic nitrogens is 2. The highest BCUT2D eigenvalue weighted by atomic mass is 32.1. The molecular weight excluding hydrogens is 378 g/mol. The Bertz CT molecular complexity index is 1120. The number of aromatic amines is 1. The molecule has 0 radical (unpaired) electrons. The van der Waals surface area contributed by atoms with Crippen molar-refractivity contribution >= 4 is 34.6 Å². The van der Waals surface area contributed by atoms with Crippen molar-refractivity contribution in [3.05, 3.63) is 62.3 Å². The summed E-state index contributed by atoms with van der Waals surface area (Å²) in [6.07, 6.45) is 0. The minimum Gasteiger partial charge on any atom is -0.507 e. The van der Waals surface area contributed by atoms with Crippen LogP contribution in [0.3, 0.4) is 0 Å². The summed E-state index contributed by atoms with van der Waals surface area (Å²) >= 11 is 1.40. The van der Waals surface area contributed by atoms with Crippen LogP contribution in [-0.2, 0) is 9.59 Å². The predicted molar refractivity (Wildman–Crippen MR) is 105 cm³/mol. The quantitative estimate of drug-likeness (QED) is 0.396. The number of anilines is 1. The number of hydrogen-bond donors (Lipinski definition) is 2. The number of nitrogens with zero attached hydrogens (tertiary/aromatic N) is 2. The number of hydrogen-bond acceptors (Lipinski definition) is 6. The van der Waals surface area contributed by atoms with Gasteiger partial charge in [-0.25, -0.2) is 0 Å². The maximum Gasteiger partial charge on any atom is 0.301 e. The van der Waals surface area contributed by atoms with Crippen LogP contribution in [0.1, 0.15) is 39.2 Å². The summed E-state index contributed by atoms with van der Waals surface area (Å²) in [7, 11) is 0. The lowest BCUT2D eigenvalue weighted by molar-refractivity contribution is -0.132. The first-order valence-corrected chi connectivity index (χ1v) is 9.63. The molecule has 28 heavy (non-hydrogen) atoms. The third-order valence-electron chi connectivity index (χ3n) is 5.04. The summed E-state index contributed by atoms with van der Waals surface area (Å²) in [5, 5.41) is 16.9. The van der Waals surface area contributed by atoms with Gasteiger partial charge in [0.05, 0.1) is 5.57 Å². The van der Waals surface area contributed by atoms with Gasteiger partial charge in [0.2, 0.25) is 0 Å². The summed E-state index contributed by atoms with van der Waals surface area (Å²) in [6.45, 7) is 7.30. The largest absolute Gasteiger partial charge is 0.507 e. The monoisotopic (exact) mass is 397 g/mol. The van der Waals surface area contributed by atoms with Gasteiger partial charge in [0.1, 0.15) is 17.6 Å². The van der Waals surface area contributed by atoms with Gasteiger partial charge in [0, 0.05) is 27.9 Å². The second-order valence-electron chi connectivity index (χ2n) is 6.86.